The number of amides is 3. The number of likely N-dealkylation sites (N-methyl/N-ethyl adjacent to an activating group) is 1. The van der Waals surface area contributed by atoms with Gasteiger partial charge in [0.15, 0.2) is 17.6 Å². The van der Waals surface area contributed by atoms with E-state index in [1.807, 2.05) is 27.7 Å². The number of aryl methyl sites for hydroxylation is 1. The van der Waals surface area contributed by atoms with Gasteiger partial charge in [-0.2, -0.15) is 0 Å². The van der Waals surface area contributed by atoms with Crippen LogP contribution in [0.2, 0.25) is 0 Å². The Morgan fingerprint density at radius 3 is 2.52 bits per heavy atom. The van der Waals surface area contributed by atoms with Crippen LogP contribution in [0.1, 0.15) is 39.9 Å². The lowest BCUT2D eigenvalue weighted by Gasteiger charge is -2.35. The largest absolute Gasteiger partial charge is 0.466 e. The predicted molar refractivity (Wildman–Crippen MR) is 110 cm³/mol. The van der Waals surface area contributed by atoms with E-state index in [2.05, 4.69) is 5.32 Å². The summed E-state index contributed by atoms with van der Waals surface area (Å²) in [6.45, 7) is 9.29. The van der Waals surface area contributed by atoms with Gasteiger partial charge in [-0.1, -0.05) is 27.7 Å². The molecule has 1 aromatic heterocycles. The van der Waals surface area contributed by atoms with Gasteiger partial charge in [0.25, 0.3) is 0 Å². The first-order valence-corrected chi connectivity index (χ1v) is 10.1. The Hall–Kier alpha value is -2.88. The third-order valence-corrected chi connectivity index (χ3v) is 5.96. The van der Waals surface area contributed by atoms with Crippen molar-refractivity contribution in [3.63, 3.8) is 0 Å². The minimum absolute atomic E-state index is 0.192. The maximum Gasteiger partial charge on any atom is 0.413 e. The molecule has 172 valence electrons. The molecule has 3 N–H and O–H groups in total. The molecule has 0 aliphatic carbocycles. The molecule has 0 bridgehead atoms. The van der Waals surface area contributed by atoms with Crippen LogP contribution in [0.15, 0.2) is 16.7 Å². The normalized spacial score (nSPS) is 19.9. The first kappa shape index (κ1) is 24.4. The number of primary amides is 1. The lowest BCUT2D eigenvalue weighted by molar-refractivity contribution is -0.141. The Morgan fingerprint density at radius 2 is 2.00 bits per heavy atom. The Kier molecular flexibility index (Phi) is 7.48. The smallest absolute Gasteiger partial charge is 0.413 e. The Balaban J connectivity index is 2.24. The molecule has 3 amide bonds. The van der Waals surface area contributed by atoms with E-state index in [4.69, 9.17) is 19.6 Å². The minimum Gasteiger partial charge on any atom is -0.466 e. The van der Waals surface area contributed by atoms with Gasteiger partial charge in [0.1, 0.15) is 24.5 Å². The number of carbonyl (C=O) groups is 4. The number of hydrogen-bond acceptors (Lipinski definition) is 7. The molecule has 31 heavy (non-hydrogen) atoms. The van der Waals surface area contributed by atoms with E-state index in [0.29, 0.717) is 5.76 Å². The maximum absolute atomic E-state index is 13.3. The number of Topliss-reactive ketones (excluding diaryl/α,β-unsaturated/α-hetero) is 1. The predicted octanol–water partition coefficient (Wildman–Crippen LogP) is 1.40. The number of nitrogens with one attached hydrogen (secondary N) is 1. The molecule has 2 heterocycles. The summed E-state index contributed by atoms with van der Waals surface area (Å²) in [4.78, 5) is 50.9. The van der Waals surface area contributed by atoms with Gasteiger partial charge in [-0.15, -0.1) is 0 Å². The molecule has 2 unspecified atom stereocenters. The average Bonchev–Trinajstić information content (AvgIpc) is 3.25. The van der Waals surface area contributed by atoms with Crippen molar-refractivity contribution < 1.29 is 33.1 Å². The number of nitrogens with zero attached hydrogens (tertiary/aromatic N) is 1. The van der Waals surface area contributed by atoms with Crippen LogP contribution < -0.4 is 15.8 Å². The average molecular weight is 437 g/mol. The fourth-order valence-electron chi connectivity index (χ4n) is 3.27. The van der Waals surface area contributed by atoms with Crippen LogP contribution in [0.4, 0.5) is 4.79 Å². The number of rotatable bonds is 8. The Bertz CT molecular complexity index is 846. The fourth-order valence-corrected chi connectivity index (χ4v) is 3.27. The van der Waals surface area contributed by atoms with Gasteiger partial charge in [-0.25, -0.2) is 4.79 Å². The van der Waals surface area contributed by atoms with Gasteiger partial charge in [-0.3, -0.25) is 14.4 Å². The monoisotopic (exact) mass is 437 g/mol. The third-order valence-electron chi connectivity index (χ3n) is 5.96. The summed E-state index contributed by atoms with van der Waals surface area (Å²) in [5, 5.41) is 2.59. The summed E-state index contributed by atoms with van der Waals surface area (Å²) in [6, 6.07) is -0.672. The van der Waals surface area contributed by atoms with Crippen LogP contribution >= 0.6 is 0 Å². The standard InChI is InChI=1S/C21H31N3O7/c1-11(2)21(4,5)9-13(23-20(28)31-15-7-8-29-12(15)3)19(27)24(6)16-14(25)10-30-17(16)18(22)26/h7-8,11,13,16-17H,9-10H2,1-6H3,(H2,22,26)(H,23,28)/t13-,16?,17?/m0/s1. The van der Waals surface area contributed by atoms with Crippen LogP contribution in [0, 0.1) is 18.3 Å². The zero-order valence-electron chi connectivity index (χ0n) is 18.8. The Labute approximate surface area is 181 Å². The SMILES string of the molecule is Cc1occc1OC(=O)N[C@@H](CC(C)(C)C(C)C)C(=O)N(C)C1C(=O)COC1C(N)=O. The molecule has 1 saturated heterocycles. The highest BCUT2D eigenvalue weighted by molar-refractivity contribution is 5.99. The molecule has 1 aliphatic heterocycles. The van der Waals surface area contributed by atoms with Crippen LogP contribution in [0.25, 0.3) is 0 Å². The molecule has 0 saturated carbocycles. The Morgan fingerprint density at radius 1 is 1.35 bits per heavy atom. The van der Waals surface area contributed by atoms with Crippen LogP contribution in [-0.4, -0.2) is 60.4 Å². The van der Waals surface area contributed by atoms with Gasteiger partial charge >= 0.3 is 6.09 Å². The molecule has 1 aliphatic rings. The summed E-state index contributed by atoms with van der Waals surface area (Å²) in [5.74, 6) is -0.985. The highest BCUT2D eigenvalue weighted by Crippen LogP contribution is 2.32. The van der Waals surface area contributed by atoms with E-state index in [9.17, 15) is 19.2 Å². The topological polar surface area (TPSA) is 141 Å². The van der Waals surface area contributed by atoms with Crippen molar-refractivity contribution in [3.8, 4) is 5.75 Å². The lowest BCUT2D eigenvalue weighted by Crippen LogP contribution is -2.57. The van der Waals surface area contributed by atoms with E-state index in [1.165, 1.54) is 19.4 Å². The lowest BCUT2D eigenvalue weighted by atomic mass is 9.76. The molecule has 10 heteroatoms. The summed E-state index contributed by atoms with van der Waals surface area (Å²) in [5.41, 5.74) is 4.99. The summed E-state index contributed by atoms with van der Waals surface area (Å²) in [7, 11) is 1.39. The molecule has 0 radical (unpaired) electrons. The van der Waals surface area contributed by atoms with Crippen molar-refractivity contribution in [2.75, 3.05) is 13.7 Å². The summed E-state index contributed by atoms with van der Waals surface area (Å²) >= 11 is 0. The zero-order valence-corrected chi connectivity index (χ0v) is 18.8. The van der Waals surface area contributed by atoms with Crippen molar-refractivity contribution in [3.05, 3.63) is 18.1 Å². The van der Waals surface area contributed by atoms with Gasteiger partial charge in [0.2, 0.25) is 11.8 Å². The van der Waals surface area contributed by atoms with E-state index in [1.54, 1.807) is 6.92 Å². The number of ketones is 1. The van der Waals surface area contributed by atoms with E-state index in [0.717, 1.165) is 4.90 Å². The molecular weight excluding hydrogens is 406 g/mol. The van der Waals surface area contributed by atoms with Crippen LogP contribution in [0.3, 0.4) is 0 Å². The van der Waals surface area contributed by atoms with Gasteiger partial charge in [0, 0.05) is 13.1 Å². The van der Waals surface area contributed by atoms with Crippen molar-refractivity contribution in [1.29, 1.82) is 0 Å². The number of hydrogen-bond donors (Lipinski definition) is 2. The molecule has 2 rings (SSSR count). The second kappa shape index (κ2) is 9.51. The second-order valence-electron chi connectivity index (χ2n) is 8.77. The van der Waals surface area contributed by atoms with Gasteiger partial charge < -0.3 is 29.8 Å². The van der Waals surface area contributed by atoms with Crippen molar-refractivity contribution in [1.82, 2.24) is 10.2 Å². The molecule has 1 fully saturated rings. The van der Waals surface area contributed by atoms with Gasteiger partial charge in [0.05, 0.1) is 6.26 Å². The van der Waals surface area contributed by atoms with E-state index in [-0.39, 0.29) is 30.1 Å². The summed E-state index contributed by atoms with van der Waals surface area (Å²) < 4.78 is 15.5. The van der Waals surface area contributed by atoms with E-state index < -0.39 is 41.9 Å². The van der Waals surface area contributed by atoms with Gasteiger partial charge in [-0.05, 0) is 24.7 Å². The zero-order chi connectivity index (χ0) is 23.5. The van der Waals surface area contributed by atoms with Crippen LogP contribution in [-0.2, 0) is 19.1 Å². The summed E-state index contributed by atoms with van der Waals surface area (Å²) in [6.07, 6.45) is -0.417. The molecule has 0 spiro atoms. The molecule has 10 nitrogen and oxygen atoms in total. The van der Waals surface area contributed by atoms with Crippen molar-refractivity contribution >= 4 is 23.7 Å². The fraction of sp³-hybridized carbons (Fsp3) is 0.619. The van der Waals surface area contributed by atoms with Crippen molar-refractivity contribution in [2.24, 2.45) is 17.1 Å². The minimum atomic E-state index is -1.24. The molecule has 1 aromatic rings. The third kappa shape index (κ3) is 5.63. The maximum atomic E-state index is 13.3. The number of furan rings is 1. The van der Waals surface area contributed by atoms with E-state index >= 15 is 0 Å². The quantitative estimate of drug-likeness (QED) is 0.626. The number of nitrogens with two attached hydrogens (primary N) is 1. The number of ether oxygens (including phenoxy) is 2. The number of carbonyl (C=O) groups excluding carboxylic acids is 4. The molecular formula is C21H31N3O7. The highest BCUT2D eigenvalue weighted by Gasteiger charge is 2.45. The van der Waals surface area contributed by atoms with Crippen LogP contribution in [0.5, 0.6) is 5.75 Å². The first-order valence-electron chi connectivity index (χ1n) is 10.1. The molecule has 0 aromatic carbocycles. The van der Waals surface area contributed by atoms with Crippen molar-refractivity contribution in [2.45, 2.75) is 59.2 Å². The molecule has 3 atom stereocenters. The first-order chi connectivity index (χ1) is 14.3. The second-order valence-corrected chi connectivity index (χ2v) is 8.77. The highest BCUT2D eigenvalue weighted by atomic mass is 16.6.